The Morgan fingerprint density at radius 1 is 1.23 bits per heavy atom. The van der Waals surface area contributed by atoms with Gasteiger partial charge in [0, 0.05) is 12.6 Å². The molecule has 3 atom stereocenters. The summed E-state index contributed by atoms with van der Waals surface area (Å²) in [6.45, 7) is 7.89. The minimum atomic E-state index is -0.492. The molecule has 0 aromatic rings. The quantitative estimate of drug-likeness (QED) is 0.761. The summed E-state index contributed by atoms with van der Waals surface area (Å²) in [6.07, 6.45) is 3.92. The second kappa shape index (κ2) is 8.36. The molecule has 2 N–H and O–H groups in total. The first-order valence-corrected chi connectivity index (χ1v) is 8.03. The molecular weight excluding hydrogens is 284 g/mol. The molecule has 1 saturated carbocycles. The summed E-state index contributed by atoms with van der Waals surface area (Å²) in [5, 5.41) is 6.16. The van der Waals surface area contributed by atoms with E-state index in [4.69, 9.17) is 9.47 Å². The van der Waals surface area contributed by atoms with Gasteiger partial charge < -0.3 is 20.1 Å². The van der Waals surface area contributed by atoms with Crippen molar-refractivity contribution >= 4 is 12.1 Å². The monoisotopic (exact) mass is 314 g/mol. The van der Waals surface area contributed by atoms with Crippen LogP contribution in [-0.4, -0.2) is 43.4 Å². The van der Waals surface area contributed by atoms with E-state index in [0.717, 1.165) is 25.7 Å². The lowest BCUT2D eigenvalue weighted by molar-refractivity contribution is -0.143. The summed E-state index contributed by atoms with van der Waals surface area (Å²) in [7, 11) is 1.39. The van der Waals surface area contributed by atoms with Crippen molar-refractivity contribution in [3.05, 3.63) is 0 Å². The van der Waals surface area contributed by atoms with Gasteiger partial charge in [0.15, 0.2) is 0 Å². The molecular formula is C16H30N2O4. The predicted octanol–water partition coefficient (Wildman–Crippen LogP) is 2.22. The Hall–Kier alpha value is -1.30. The van der Waals surface area contributed by atoms with Gasteiger partial charge in [-0.3, -0.25) is 4.79 Å². The molecule has 0 aromatic heterocycles. The highest BCUT2D eigenvalue weighted by Gasteiger charge is 2.29. The number of amides is 1. The van der Waals surface area contributed by atoms with Gasteiger partial charge >= 0.3 is 12.1 Å². The fourth-order valence-corrected chi connectivity index (χ4v) is 2.77. The smallest absolute Gasteiger partial charge is 0.407 e. The zero-order valence-corrected chi connectivity index (χ0v) is 14.4. The van der Waals surface area contributed by atoms with E-state index >= 15 is 0 Å². The lowest BCUT2D eigenvalue weighted by Crippen LogP contribution is -2.50. The fraction of sp³-hybridized carbons (Fsp3) is 0.875. The molecule has 22 heavy (non-hydrogen) atoms. The van der Waals surface area contributed by atoms with E-state index in [1.165, 1.54) is 7.11 Å². The lowest BCUT2D eigenvalue weighted by Gasteiger charge is -2.34. The fourth-order valence-electron chi connectivity index (χ4n) is 2.77. The van der Waals surface area contributed by atoms with Crippen LogP contribution < -0.4 is 10.6 Å². The maximum atomic E-state index is 11.8. The summed E-state index contributed by atoms with van der Waals surface area (Å²) >= 11 is 0. The summed E-state index contributed by atoms with van der Waals surface area (Å²) in [5.74, 6) is 0.0396. The largest absolute Gasteiger partial charge is 0.468 e. The van der Waals surface area contributed by atoms with Gasteiger partial charge in [0.25, 0.3) is 0 Å². The van der Waals surface area contributed by atoms with Gasteiger partial charge in [-0.25, -0.2) is 4.79 Å². The second-order valence-corrected chi connectivity index (χ2v) is 6.95. The van der Waals surface area contributed by atoms with Gasteiger partial charge in [-0.05, 0) is 46.5 Å². The third-order valence-electron chi connectivity index (χ3n) is 3.84. The van der Waals surface area contributed by atoms with Crippen LogP contribution in [0.25, 0.3) is 0 Å². The molecule has 1 aliphatic carbocycles. The SMILES string of the molecule is COC(=O)[C@H](C)NC1CCCCC1CNC(=O)OC(C)(C)C. The maximum absolute atomic E-state index is 11.8. The summed E-state index contributed by atoms with van der Waals surface area (Å²) in [5.41, 5.74) is -0.492. The average Bonchev–Trinajstić information content (AvgIpc) is 2.43. The van der Waals surface area contributed by atoms with Crippen LogP contribution in [-0.2, 0) is 14.3 Å². The number of hydrogen-bond donors (Lipinski definition) is 2. The summed E-state index contributed by atoms with van der Waals surface area (Å²) in [6, 6.07) is -0.130. The molecule has 0 spiro atoms. The molecule has 0 aliphatic heterocycles. The Kier molecular flexibility index (Phi) is 7.13. The Morgan fingerprint density at radius 3 is 2.45 bits per heavy atom. The molecule has 0 aromatic carbocycles. The van der Waals surface area contributed by atoms with E-state index in [1.807, 2.05) is 20.8 Å². The maximum Gasteiger partial charge on any atom is 0.407 e. The van der Waals surface area contributed by atoms with Crippen LogP contribution in [0.15, 0.2) is 0 Å². The molecule has 2 unspecified atom stereocenters. The van der Waals surface area contributed by atoms with E-state index in [1.54, 1.807) is 6.92 Å². The average molecular weight is 314 g/mol. The zero-order chi connectivity index (χ0) is 16.8. The van der Waals surface area contributed by atoms with Gasteiger partial charge in [-0.15, -0.1) is 0 Å². The van der Waals surface area contributed by atoms with Crippen LogP contribution in [0.5, 0.6) is 0 Å². The number of esters is 1. The summed E-state index contributed by atoms with van der Waals surface area (Å²) < 4.78 is 10.0. The number of methoxy groups -OCH3 is 1. The molecule has 128 valence electrons. The molecule has 0 bridgehead atoms. The number of nitrogens with one attached hydrogen (secondary N) is 2. The van der Waals surface area contributed by atoms with Crippen molar-refractivity contribution in [2.75, 3.05) is 13.7 Å². The molecule has 6 heteroatoms. The van der Waals surface area contributed by atoms with Crippen molar-refractivity contribution in [3.8, 4) is 0 Å². The molecule has 0 radical (unpaired) electrons. The van der Waals surface area contributed by atoms with Crippen molar-refractivity contribution in [3.63, 3.8) is 0 Å². The number of carbonyl (C=O) groups excluding carboxylic acids is 2. The van der Waals surface area contributed by atoms with Crippen LogP contribution in [0.3, 0.4) is 0 Å². The van der Waals surface area contributed by atoms with Gasteiger partial charge in [0.05, 0.1) is 7.11 Å². The topological polar surface area (TPSA) is 76.7 Å². The van der Waals surface area contributed by atoms with Crippen molar-refractivity contribution in [2.45, 2.75) is 71.1 Å². The number of carbonyl (C=O) groups is 2. The van der Waals surface area contributed by atoms with Gasteiger partial charge in [0.2, 0.25) is 0 Å². The van der Waals surface area contributed by atoms with E-state index in [0.29, 0.717) is 12.5 Å². The van der Waals surface area contributed by atoms with E-state index in [2.05, 4.69) is 10.6 Å². The molecule has 1 rings (SSSR count). The lowest BCUT2D eigenvalue weighted by atomic mass is 9.84. The number of ether oxygens (including phenoxy) is 2. The first-order valence-electron chi connectivity index (χ1n) is 8.03. The molecule has 1 amide bonds. The third-order valence-corrected chi connectivity index (χ3v) is 3.84. The number of rotatable bonds is 5. The van der Waals surface area contributed by atoms with Crippen LogP contribution in [0.4, 0.5) is 4.79 Å². The van der Waals surface area contributed by atoms with Crippen LogP contribution in [0.1, 0.15) is 53.4 Å². The highest BCUT2D eigenvalue weighted by atomic mass is 16.6. The van der Waals surface area contributed by atoms with Crippen LogP contribution in [0.2, 0.25) is 0 Å². The van der Waals surface area contributed by atoms with Gasteiger partial charge in [-0.2, -0.15) is 0 Å². The Morgan fingerprint density at radius 2 is 1.86 bits per heavy atom. The van der Waals surface area contributed by atoms with Gasteiger partial charge in [-0.1, -0.05) is 12.8 Å². The molecule has 6 nitrogen and oxygen atoms in total. The number of hydrogen-bond acceptors (Lipinski definition) is 5. The molecule has 0 heterocycles. The normalized spacial score (nSPS) is 23.5. The Labute approximate surface area is 133 Å². The van der Waals surface area contributed by atoms with Crippen molar-refractivity contribution < 1.29 is 19.1 Å². The minimum Gasteiger partial charge on any atom is -0.468 e. The highest BCUT2D eigenvalue weighted by Crippen LogP contribution is 2.24. The van der Waals surface area contributed by atoms with Crippen molar-refractivity contribution in [1.82, 2.24) is 10.6 Å². The van der Waals surface area contributed by atoms with Gasteiger partial charge in [0.1, 0.15) is 11.6 Å². The van der Waals surface area contributed by atoms with E-state index in [9.17, 15) is 9.59 Å². The zero-order valence-electron chi connectivity index (χ0n) is 14.4. The standard InChI is InChI=1S/C16H30N2O4/c1-11(14(19)21-5)18-13-9-7-6-8-12(13)10-17-15(20)22-16(2,3)4/h11-13,18H,6-10H2,1-5H3,(H,17,20)/t11-,12?,13?/m0/s1. The Bertz CT molecular complexity index is 379. The predicted molar refractivity (Wildman–Crippen MR) is 84.6 cm³/mol. The third kappa shape index (κ3) is 6.64. The van der Waals surface area contributed by atoms with Crippen LogP contribution in [0, 0.1) is 5.92 Å². The summed E-state index contributed by atoms with van der Waals surface area (Å²) in [4.78, 5) is 23.3. The molecule has 0 saturated heterocycles. The van der Waals surface area contributed by atoms with E-state index in [-0.39, 0.29) is 18.1 Å². The highest BCUT2D eigenvalue weighted by molar-refractivity contribution is 5.75. The molecule has 1 fully saturated rings. The number of alkyl carbamates (subject to hydrolysis) is 1. The first-order chi connectivity index (χ1) is 10.2. The van der Waals surface area contributed by atoms with E-state index < -0.39 is 11.7 Å². The van der Waals surface area contributed by atoms with Crippen molar-refractivity contribution in [1.29, 1.82) is 0 Å². The minimum absolute atomic E-state index is 0.206. The Balaban J connectivity index is 2.48. The first kappa shape index (κ1) is 18.7. The molecule has 1 aliphatic rings. The van der Waals surface area contributed by atoms with Crippen molar-refractivity contribution in [2.24, 2.45) is 5.92 Å². The second-order valence-electron chi connectivity index (χ2n) is 6.95. The van der Waals surface area contributed by atoms with Crippen LogP contribution >= 0.6 is 0 Å².